The van der Waals surface area contributed by atoms with E-state index in [2.05, 4.69) is 10.3 Å². The van der Waals surface area contributed by atoms with Crippen molar-refractivity contribution in [3.05, 3.63) is 52.8 Å². The minimum atomic E-state index is -3.56. The quantitative estimate of drug-likeness (QED) is 0.728. The molecule has 1 aromatic heterocycles. The molecule has 0 bridgehead atoms. The lowest BCUT2D eigenvalue weighted by Crippen LogP contribution is -2.54. The second-order valence-corrected chi connectivity index (χ2v) is 9.48. The normalized spacial score (nSPS) is 17.1. The molecule has 2 heterocycles. The van der Waals surface area contributed by atoms with Crippen LogP contribution in [0.25, 0.3) is 0 Å². The molecule has 1 saturated heterocycles. The Morgan fingerprint density at radius 3 is 2.52 bits per heavy atom. The maximum atomic E-state index is 13.1. The summed E-state index contributed by atoms with van der Waals surface area (Å²) in [6, 6.07) is 8.41. The second-order valence-electron chi connectivity index (χ2n) is 7.22. The second kappa shape index (κ2) is 8.79. The highest BCUT2D eigenvalue weighted by atomic mass is 35.5. The predicted molar refractivity (Wildman–Crippen MR) is 114 cm³/mol. The molecule has 0 saturated carbocycles. The lowest BCUT2D eigenvalue weighted by molar-refractivity contribution is -0.121. The van der Waals surface area contributed by atoms with E-state index in [1.54, 1.807) is 38.2 Å². The Morgan fingerprint density at radius 1 is 1.17 bits per heavy atom. The molecule has 1 N–H and O–H groups in total. The third kappa shape index (κ3) is 4.78. The fourth-order valence-corrected chi connectivity index (χ4v) is 5.24. The zero-order chi connectivity index (χ0) is 21.2. The zero-order valence-corrected chi connectivity index (χ0v) is 18.3. The van der Waals surface area contributed by atoms with Crippen LogP contribution in [0.15, 0.2) is 41.4 Å². The first kappa shape index (κ1) is 21.7. The van der Waals surface area contributed by atoms with Crippen molar-refractivity contribution in [3.63, 3.8) is 0 Å². The van der Waals surface area contributed by atoms with Crippen LogP contribution in [0.2, 0.25) is 5.15 Å². The van der Waals surface area contributed by atoms with Gasteiger partial charge in [-0.15, -0.1) is 0 Å². The molecule has 1 amide bonds. The predicted octanol–water partition coefficient (Wildman–Crippen LogP) is 2.69. The van der Waals surface area contributed by atoms with Gasteiger partial charge < -0.3 is 5.32 Å². The van der Waals surface area contributed by atoms with Crippen molar-refractivity contribution in [2.75, 3.05) is 31.5 Å². The van der Waals surface area contributed by atoms with E-state index in [1.807, 2.05) is 24.0 Å². The first-order chi connectivity index (χ1) is 13.7. The van der Waals surface area contributed by atoms with Crippen molar-refractivity contribution in [1.82, 2.24) is 14.2 Å². The molecule has 1 aliphatic heterocycles. The van der Waals surface area contributed by atoms with Crippen LogP contribution in [0.1, 0.15) is 18.1 Å². The average molecular weight is 437 g/mol. The summed E-state index contributed by atoms with van der Waals surface area (Å²) < 4.78 is 27.6. The van der Waals surface area contributed by atoms with Crippen LogP contribution in [-0.4, -0.2) is 60.7 Å². The van der Waals surface area contributed by atoms with E-state index in [9.17, 15) is 13.2 Å². The molecule has 2 aromatic rings. The van der Waals surface area contributed by atoms with Crippen molar-refractivity contribution >= 4 is 33.2 Å². The largest absolute Gasteiger partial charge is 0.322 e. The number of nitrogens with zero attached hydrogens (tertiary/aromatic N) is 3. The maximum Gasteiger partial charge on any atom is 0.243 e. The third-order valence-corrected chi connectivity index (χ3v) is 7.52. The highest BCUT2D eigenvalue weighted by Crippen LogP contribution is 2.23. The number of pyridine rings is 1. The Hall–Kier alpha value is -2.00. The summed E-state index contributed by atoms with van der Waals surface area (Å²) in [4.78, 5) is 18.8. The molecule has 1 unspecified atom stereocenters. The van der Waals surface area contributed by atoms with Crippen LogP contribution in [0.3, 0.4) is 0 Å². The molecule has 29 heavy (non-hydrogen) atoms. The van der Waals surface area contributed by atoms with Gasteiger partial charge in [0.1, 0.15) is 0 Å². The van der Waals surface area contributed by atoms with E-state index in [-0.39, 0.29) is 11.1 Å². The van der Waals surface area contributed by atoms with Gasteiger partial charge >= 0.3 is 0 Å². The van der Waals surface area contributed by atoms with Gasteiger partial charge in [-0.05, 0) is 50.1 Å². The SMILES string of the molecule is Cc1ccc(C)c(S(=O)(=O)N2CCN(C(C)C(=O)Nc3cccnc3Cl)CC2)c1. The monoisotopic (exact) mass is 436 g/mol. The molecule has 1 aromatic carbocycles. The molecule has 3 rings (SSSR count). The summed E-state index contributed by atoms with van der Waals surface area (Å²) in [6.45, 7) is 7.10. The number of hydrogen-bond donors (Lipinski definition) is 1. The summed E-state index contributed by atoms with van der Waals surface area (Å²) in [7, 11) is -3.56. The minimum Gasteiger partial charge on any atom is -0.322 e. The van der Waals surface area contributed by atoms with Crippen LogP contribution in [0, 0.1) is 13.8 Å². The van der Waals surface area contributed by atoms with E-state index in [0.717, 1.165) is 11.1 Å². The number of carbonyl (C=O) groups is 1. The van der Waals surface area contributed by atoms with E-state index < -0.39 is 16.1 Å². The zero-order valence-electron chi connectivity index (χ0n) is 16.7. The van der Waals surface area contributed by atoms with Crippen molar-refractivity contribution in [2.24, 2.45) is 0 Å². The number of nitrogens with one attached hydrogen (secondary N) is 1. The highest BCUT2D eigenvalue weighted by Gasteiger charge is 2.32. The number of anilines is 1. The van der Waals surface area contributed by atoms with Crippen LogP contribution in [0.4, 0.5) is 5.69 Å². The highest BCUT2D eigenvalue weighted by molar-refractivity contribution is 7.89. The Labute approximate surface area is 176 Å². The average Bonchev–Trinajstić information content (AvgIpc) is 2.71. The van der Waals surface area contributed by atoms with Gasteiger partial charge in [-0.2, -0.15) is 4.31 Å². The van der Waals surface area contributed by atoms with Crippen molar-refractivity contribution in [3.8, 4) is 0 Å². The Kier molecular flexibility index (Phi) is 6.58. The van der Waals surface area contributed by atoms with E-state index in [4.69, 9.17) is 11.6 Å². The standard InChI is InChI=1S/C20H25ClN4O3S/c1-14-6-7-15(2)18(13-14)29(27,28)25-11-9-24(10-12-25)16(3)20(26)23-17-5-4-8-22-19(17)21/h4-8,13,16H,9-12H2,1-3H3,(H,23,26). The topological polar surface area (TPSA) is 82.6 Å². The van der Waals surface area contributed by atoms with Gasteiger partial charge in [0.05, 0.1) is 16.6 Å². The molecule has 0 aliphatic carbocycles. The number of amides is 1. The molecular weight excluding hydrogens is 412 g/mol. The number of aromatic nitrogens is 1. The Balaban J connectivity index is 1.64. The lowest BCUT2D eigenvalue weighted by atomic mass is 10.2. The summed E-state index contributed by atoms with van der Waals surface area (Å²) in [5.74, 6) is -0.203. The summed E-state index contributed by atoms with van der Waals surface area (Å²) in [5.41, 5.74) is 2.11. The summed E-state index contributed by atoms with van der Waals surface area (Å²) in [6.07, 6.45) is 1.55. The maximum absolute atomic E-state index is 13.1. The first-order valence-corrected chi connectivity index (χ1v) is 11.2. The third-order valence-electron chi connectivity index (χ3n) is 5.18. The Morgan fingerprint density at radius 2 is 1.86 bits per heavy atom. The van der Waals surface area contributed by atoms with E-state index in [1.165, 1.54) is 4.31 Å². The number of piperazine rings is 1. The van der Waals surface area contributed by atoms with Gasteiger partial charge in [-0.3, -0.25) is 9.69 Å². The first-order valence-electron chi connectivity index (χ1n) is 9.43. The van der Waals surface area contributed by atoms with Gasteiger partial charge in [0.2, 0.25) is 15.9 Å². The number of sulfonamides is 1. The summed E-state index contributed by atoms with van der Waals surface area (Å²) in [5, 5.41) is 3.02. The Bertz CT molecular complexity index is 1000. The van der Waals surface area contributed by atoms with Gasteiger partial charge in [0.25, 0.3) is 0 Å². The lowest BCUT2D eigenvalue weighted by Gasteiger charge is -2.37. The molecule has 156 valence electrons. The molecule has 0 spiro atoms. The molecule has 9 heteroatoms. The van der Waals surface area contributed by atoms with Crippen molar-refractivity contribution in [1.29, 1.82) is 0 Å². The van der Waals surface area contributed by atoms with Gasteiger partial charge in [-0.25, -0.2) is 13.4 Å². The van der Waals surface area contributed by atoms with Crippen molar-refractivity contribution in [2.45, 2.75) is 31.7 Å². The minimum absolute atomic E-state index is 0.203. The molecule has 1 aliphatic rings. The molecule has 1 fully saturated rings. The number of rotatable bonds is 5. The van der Waals surface area contributed by atoms with Crippen LogP contribution in [0.5, 0.6) is 0 Å². The molecule has 1 atom stereocenters. The molecule has 7 nitrogen and oxygen atoms in total. The number of aryl methyl sites for hydroxylation is 2. The van der Waals surface area contributed by atoms with E-state index in [0.29, 0.717) is 36.8 Å². The van der Waals surface area contributed by atoms with Crippen LogP contribution < -0.4 is 5.32 Å². The van der Waals surface area contributed by atoms with Gasteiger partial charge in [0.15, 0.2) is 5.15 Å². The number of hydrogen-bond acceptors (Lipinski definition) is 5. The number of carbonyl (C=O) groups excluding carboxylic acids is 1. The van der Waals surface area contributed by atoms with Gasteiger partial charge in [-0.1, -0.05) is 23.7 Å². The molecular formula is C20H25ClN4O3S. The smallest absolute Gasteiger partial charge is 0.243 e. The van der Waals surface area contributed by atoms with Crippen molar-refractivity contribution < 1.29 is 13.2 Å². The van der Waals surface area contributed by atoms with Crippen LogP contribution >= 0.6 is 11.6 Å². The fraction of sp³-hybridized carbons (Fsp3) is 0.400. The van der Waals surface area contributed by atoms with E-state index >= 15 is 0 Å². The number of halogens is 1. The fourth-order valence-electron chi connectivity index (χ4n) is 3.34. The number of benzene rings is 1. The van der Waals surface area contributed by atoms with Gasteiger partial charge in [0, 0.05) is 32.4 Å². The van der Waals surface area contributed by atoms with Crippen LogP contribution in [-0.2, 0) is 14.8 Å². The molecule has 0 radical (unpaired) electrons. The summed E-state index contributed by atoms with van der Waals surface area (Å²) >= 11 is 6.00.